The Bertz CT molecular complexity index is 883. The van der Waals surface area contributed by atoms with E-state index in [0.29, 0.717) is 36.1 Å². The van der Waals surface area contributed by atoms with Crippen LogP contribution in [0.2, 0.25) is 5.02 Å². The Hall–Kier alpha value is -1.61. The number of aromatic nitrogens is 2. The third kappa shape index (κ3) is 3.39. The van der Waals surface area contributed by atoms with Gasteiger partial charge in [0.05, 0.1) is 19.5 Å². The van der Waals surface area contributed by atoms with Crippen molar-refractivity contribution in [2.24, 2.45) is 11.1 Å². The maximum absolute atomic E-state index is 12.9. The maximum Gasteiger partial charge on any atom is 0.246 e. The van der Waals surface area contributed by atoms with Gasteiger partial charge in [-0.15, -0.1) is 0 Å². The van der Waals surface area contributed by atoms with Crippen molar-refractivity contribution in [1.82, 2.24) is 14.1 Å². The highest BCUT2D eigenvalue weighted by Gasteiger charge is 2.39. The molecule has 2 heterocycles. The van der Waals surface area contributed by atoms with Crippen molar-refractivity contribution in [3.8, 4) is 11.4 Å². The van der Waals surface area contributed by atoms with Gasteiger partial charge in [0, 0.05) is 18.1 Å². The standard InChI is InChI=1S/C16H21ClN4O3S/c1-16(10-18)5-6-20(11-16)25(22,23)13-8-19-21(9-13)14-7-12(17)3-4-15(14)24-2/h3-4,7-9H,5-6,10-11,18H2,1-2H3. The number of nitrogens with zero attached hydrogens (tertiary/aromatic N) is 3. The number of nitrogens with two attached hydrogens (primary N) is 1. The second-order valence-corrected chi connectivity index (χ2v) is 8.91. The van der Waals surface area contributed by atoms with Crippen LogP contribution in [0.1, 0.15) is 13.3 Å². The van der Waals surface area contributed by atoms with Crippen LogP contribution < -0.4 is 10.5 Å². The fraction of sp³-hybridized carbons (Fsp3) is 0.438. The highest BCUT2D eigenvalue weighted by atomic mass is 35.5. The van der Waals surface area contributed by atoms with Gasteiger partial charge < -0.3 is 10.5 Å². The molecule has 3 rings (SSSR count). The third-order valence-electron chi connectivity index (χ3n) is 4.60. The molecule has 1 saturated heterocycles. The van der Waals surface area contributed by atoms with Crippen LogP contribution in [0.15, 0.2) is 35.5 Å². The molecule has 9 heteroatoms. The number of hydrogen-bond acceptors (Lipinski definition) is 5. The van der Waals surface area contributed by atoms with Crippen molar-refractivity contribution in [1.29, 1.82) is 0 Å². The SMILES string of the molecule is COc1ccc(Cl)cc1-n1cc(S(=O)(=O)N2CCC(C)(CN)C2)cn1. The Morgan fingerprint density at radius 2 is 2.20 bits per heavy atom. The molecule has 1 unspecified atom stereocenters. The van der Waals surface area contributed by atoms with Crippen molar-refractivity contribution >= 4 is 21.6 Å². The molecule has 1 atom stereocenters. The van der Waals surface area contributed by atoms with E-state index in [2.05, 4.69) is 5.10 Å². The van der Waals surface area contributed by atoms with Gasteiger partial charge in [-0.2, -0.15) is 9.40 Å². The van der Waals surface area contributed by atoms with Gasteiger partial charge in [0.25, 0.3) is 0 Å². The minimum absolute atomic E-state index is 0.135. The predicted molar refractivity (Wildman–Crippen MR) is 95.7 cm³/mol. The number of methoxy groups -OCH3 is 1. The molecule has 0 radical (unpaired) electrons. The number of rotatable bonds is 5. The van der Waals surface area contributed by atoms with Gasteiger partial charge in [-0.1, -0.05) is 18.5 Å². The highest BCUT2D eigenvalue weighted by molar-refractivity contribution is 7.89. The Morgan fingerprint density at radius 3 is 2.84 bits per heavy atom. The van der Waals surface area contributed by atoms with Crippen LogP contribution in [0, 0.1) is 5.41 Å². The van der Waals surface area contributed by atoms with Crippen molar-refractivity contribution in [2.75, 3.05) is 26.7 Å². The molecule has 2 N–H and O–H groups in total. The second kappa shape index (κ2) is 6.60. The van der Waals surface area contributed by atoms with Gasteiger partial charge in [-0.25, -0.2) is 13.1 Å². The van der Waals surface area contributed by atoms with E-state index in [4.69, 9.17) is 22.1 Å². The summed E-state index contributed by atoms with van der Waals surface area (Å²) in [6.45, 7) is 3.33. The lowest BCUT2D eigenvalue weighted by Crippen LogP contribution is -2.34. The molecule has 1 fully saturated rings. The van der Waals surface area contributed by atoms with Crippen LogP contribution >= 0.6 is 11.6 Å². The zero-order valence-corrected chi connectivity index (χ0v) is 15.7. The molecule has 1 aliphatic rings. The van der Waals surface area contributed by atoms with Crippen LogP contribution in [0.25, 0.3) is 5.69 Å². The first kappa shape index (κ1) is 18.2. The summed E-state index contributed by atoms with van der Waals surface area (Å²) < 4.78 is 34.0. The number of ether oxygens (including phenoxy) is 1. The van der Waals surface area contributed by atoms with E-state index < -0.39 is 10.0 Å². The van der Waals surface area contributed by atoms with Gasteiger partial charge in [-0.05, 0) is 36.6 Å². The molecule has 1 aromatic carbocycles. The van der Waals surface area contributed by atoms with Gasteiger partial charge >= 0.3 is 0 Å². The van der Waals surface area contributed by atoms with E-state index in [9.17, 15) is 8.42 Å². The van der Waals surface area contributed by atoms with Gasteiger partial charge in [0.1, 0.15) is 16.3 Å². The quantitative estimate of drug-likeness (QED) is 0.850. The third-order valence-corrected chi connectivity index (χ3v) is 6.63. The topological polar surface area (TPSA) is 90.5 Å². The minimum atomic E-state index is -3.62. The molecular formula is C16H21ClN4O3S. The van der Waals surface area contributed by atoms with E-state index in [1.165, 1.54) is 28.5 Å². The lowest BCUT2D eigenvalue weighted by Gasteiger charge is -2.21. The molecule has 1 aromatic heterocycles. The summed E-state index contributed by atoms with van der Waals surface area (Å²) in [5.41, 5.74) is 6.17. The summed E-state index contributed by atoms with van der Waals surface area (Å²) in [5.74, 6) is 0.549. The maximum atomic E-state index is 12.9. The summed E-state index contributed by atoms with van der Waals surface area (Å²) >= 11 is 6.04. The van der Waals surface area contributed by atoms with E-state index in [0.717, 1.165) is 6.42 Å². The fourth-order valence-corrected chi connectivity index (χ4v) is 4.60. The molecule has 0 spiro atoms. The molecular weight excluding hydrogens is 364 g/mol. The summed E-state index contributed by atoms with van der Waals surface area (Å²) in [4.78, 5) is 0.135. The fourth-order valence-electron chi connectivity index (χ4n) is 2.91. The van der Waals surface area contributed by atoms with Crippen molar-refractivity contribution in [3.05, 3.63) is 35.6 Å². The summed E-state index contributed by atoms with van der Waals surface area (Å²) in [6.07, 6.45) is 3.56. The average Bonchev–Trinajstić information content (AvgIpc) is 3.23. The van der Waals surface area contributed by atoms with E-state index in [-0.39, 0.29) is 10.3 Å². The lowest BCUT2D eigenvalue weighted by atomic mass is 9.90. The monoisotopic (exact) mass is 384 g/mol. The van der Waals surface area contributed by atoms with Crippen LogP contribution in [-0.4, -0.2) is 49.2 Å². The molecule has 0 saturated carbocycles. The predicted octanol–water partition coefficient (Wildman–Crippen LogP) is 1.89. The largest absolute Gasteiger partial charge is 0.494 e. The highest BCUT2D eigenvalue weighted by Crippen LogP contribution is 2.33. The Balaban J connectivity index is 1.93. The lowest BCUT2D eigenvalue weighted by molar-refractivity contribution is 0.349. The smallest absolute Gasteiger partial charge is 0.246 e. The van der Waals surface area contributed by atoms with Crippen LogP contribution in [0.4, 0.5) is 0 Å². The molecule has 0 amide bonds. The Kier molecular flexibility index (Phi) is 4.80. The Labute approximate surface area is 152 Å². The molecule has 25 heavy (non-hydrogen) atoms. The molecule has 2 aromatic rings. The second-order valence-electron chi connectivity index (χ2n) is 6.54. The van der Waals surface area contributed by atoms with Crippen molar-refractivity contribution in [2.45, 2.75) is 18.2 Å². The average molecular weight is 385 g/mol. The van der Waals surface area contributed by atoms with Crippen LogP contribution in [0.5, 0.6) is 5.75 Å². The molecule has 0 aliphatic carbocycles. The van der Waals surface area contributed by atoms with Crippen molar-refractivity contribution < 1.29 is 13.2 Å². The minimum Gasteiger partial charge on any atom is -0.494 e. The van der Waals surface area contributed by atoms with Crippen molar-refractivity contribution in [3.63, 3.8) is 0 Å². The number of benzene rings is 1. The van der Waals surface area contributed by atoms with E-state index >= 15 is 0 Å². The zero-order chi connectivity index (χ0) is 18.2. The van der Waals surface area contributed by atoms with Gasteiger partial charge in [0.15, 0.2) is 0 Å². The normalized spacial score (nSPS) is 21.6. The molecule has 0 bridgehead atoms. The first-order chi connectivity index (χ1) is 11.8. The van der Waals surface area contributed by atoms with Gasteiger partial charge in [-0.3, -0.25) is 0 Å². The van der Waals surface area contributed by atoms with Crippen LogP contribution in [0.3, 0.4) is 0 Å². The summed E-state index contributed by atoms with van der Waals surface area (Å²) in [6, 6.07) is 5.08. The van der Waals surface area contributed by atoms with E-state index in [1.807, 2.05) is 6.92 Å². The number of sulfonamides is 1. The number of hydrogen-bond donors (Lipinski definition) is 1. The molecule has 7 nitrogen and oxygen atoms in total. The first-order valence-corrected chi connectivity index (χ1v) is 9.70. The first-order valence-electron chi connectivity index (χ1n) is 7.88. The Morgan fingerprint density at radius 1 is 1.44 bits per heavy atom. The number of halogens is 1. The van der Waals surface area contributed by atoms with Crippen LogP contribution in [-0.2, 0) is 10.0 Å². The molecule has 1 aliphatic heterocycles. The van der Waals surface area contributed by atoms with E-state index in [1.54, 1.807) is 18.2 Å². The van der Waals surface area contributed by atoms with Gasteiger partial charge in [0.2, 0.25) is 10.0 Å². The summed E-state index contributed by atoms with van der Waals surface area (Å²) in [7, 11) is -2.08. The summed E-state index contributed by atoms with van der Waals surface area (Å²) in [5, 5.41) is 4.69. The zero-order valence-electron chi connectivity index (χ0n) is 14.1. The molecule has 136 valence electrons.